The first kappa shape index (κ1) is 14.0. The van der Waals surface area contributed by atoms with Crippen LogP contribution in [0.1, 0.15) is 26.3 Å². The van der Waals surface area contributed by atoms with Crippen LogP contribution in [0.2, 0.25) is 0 Å². The van der Waals surface area contributed by atoms with Gasteiger partial charge < -0.3 is 9.84 Å². The SMILES string of the molecule is CCOc1cc(/C=N/NC(=O)C(C)C)ccc1O. The normalized spacial score (nSPS) is 10.9. The quantitative estimate of drug-likeness (QED) is 0.619. The summed E-state index contributed by atoms with van der Waals surface area (Å²) in [6, 6.07) is 4.86. The molecule has 0 unspecified atom stereocenters. The Kier molecular flexibility index (Phi) is 5.17. The van der Waals surface area contributed by atoms with E-state index >= 15 is 0 Å². The smallest absolute Gasteiger partial charge is 0.242 e. The lowest BCUT2D eigenvalue weighted by Gasteiger charge is -2.06. The van der Waals surface area contributed by atoms with Gasteiger partial charge in [0.25, 0.3) is 0 Å². The number of hydrogen-bond donors (Lipinski definition) is 2. The molecule has 1 aromatic carbocycles. The van der Waals surface area contributed by atoms with Crippen molar-refractivity contribution in [3.05, 3.63) is 23.8 Å². The number of phenolic OH excluding ortho intramolecular Hbond substituents is 1. The Hall–Kier alpha value is -2.04. The number of nitrogens with zero attached hydrogens (tertiary/aromatic N) is 1. The molecule has 0 saturated heterocycles. The van der Waals surface area contributed by atoms with Crippen LogP contribution in [0.15, 0.2) is 23.3 Å². The van der Waals surface area contributed by atoms with Gasteiger partial charge in [-0.3, -0.25) is 4.79 Å². The van der Waals surface area contributed by atoms with Gasteiger partial charge in [0.2, 0.25) is 5.91 Å². The van der Waals surface area contributed by atoms with Gasteiger partial charge in [-0.05, 0) is 30.7 Å². The number of aromatic hydroxyl groups is 1. The zero-order valence-corrected chi connectivity index (χ0v) is 10.8. The summed E-state index contributed by atoms with van der Waals surface area (Å²) >= 11 is 0. The largest absolute Gasteiger partial charge is 0.504 e. The van der Waals surface area contributed by atoms with E-state index in [4.69, 9.17) is 4.74 Å². The van der Waals surface area contributed by atoms with E-state index in [-0.39, 0.29) is 17.6 Å². The number of ether oxygens (including phenoxy) is 1. The van der Waals surface area contributed by atoms with Crippen LogP contribution in [0.4, 0.5) is 0 Å². The second kappa shape index (κ2) is 6.64. The maximum Gasteiger partial charge on any atom is 0.242 e. The maximum absolute atomic E-state index is 11.3. The van der Waals surface area contributed by atoms with Gasteiger partial charge in [0.05, 0.1) is 12.8 Å². The highest BCUT2D eigenvalue weighted by atomic mass is 16.5. The molecule has 0 heterocycles. The first-order valence-corrected chi connectivity index (χ1v) is 5.83. The van der Waals surface area contributed by atoms with E-state index < -0.39 is 0 Å². The van der Waals surface area contributed by atoms with E-state index in [0.29, 0.717) is 12.4 Å². The first-order chi connectivity index (χ1) is 8.54. The molecule has 0 aliphatic heterocycles. The van der Waals surface area contributed by atoms with Crippen LogP contribution in [0.25, 0.3) is 0 Å². The summed E-state index contributed by atoms with van der Waals surface area (Å²) in [6.45, 7) is 5.89. The topological polar surface area (TPSA) is 70.9 Å². The third-order valence-corrected chi connectivity index (χ3v) is 2.20. The lowest BCUT2D eigenvalue weighted by atomic mass is 10.2. The fourth-order valence-electron chi connectivity index (χ4n) is 1.18. The van der Waals surface area contributed by atoms with Crippen molar-refractivity contribution < 1.29 is 14.6 Å². The summed E-state index contributed by atoms with van der Waals surface area (Å²) in [7, 11) is 0. The van der Waals surface area contributed by atoms with Crippen LogP contribution in [-0.2, 0) is 4.79 Å². The van der Waals surface area contributed by atoms with Gasteiger partial charge in [-0.25, -0.2) is 5.43 Å². The fourth-order valence-corrected chi connectivity index (χ4v) is 1.18. The molecule has 0 fully saturated rings. The molecule has 0 bridgehead atoms. The molecule has 2 N–H and O–H groups in total. The van der Waals surface area contributed by atoms with E-state index in [1.165, 1.54) is 12.3 Å². The summed E-state index contributed by atoms with van der Waals surface area (Å²) in [5.41, 5.74) is 3.16. The Labute approximate surface area is 106 Å². The van der Waals surface area contributed by atoms with Gasteiger partial charge in [-0.1, -0.05) is 13.8 Å². The van der Waals surface area contributed by atoms with Gasteiger partial charge in [0, 0.05) is 5.92 Å². The number of hydrazone groups is 1. The Morgan fingerprint density at radius 2 is 2.28 bits per heavy atom. The first-order valence-electron chi connectivity index (χ1n) is 5.83. The lowest BCUT2D eigenvalue weighted by Crippen LogP contribution is -2.22. The molecular formula is C13H18N2O3. The summed E-state index contributed by atoms with van der Waals surface area (Å²) < 4.78 is 5.24. The second-order valence-electron chi connectivity index (χ2n) is 4.05. The standard InChI is InChI=1S/C13H18N2O3/c1-4-18-12-7-10(5-6-11(12)16)8-14-15-13(17)9(2)3/h5-9,16H,4H2,1-3H3,(H,15,17)/b14-8+. The summed E-state index contributed by atoms with van der Waals surface area (Å²) in [5, 5.41) is 13.3. The predicted octanol–water partition coefficient (Wildman–Crippen LogP) is 1.90. The van der Waals surface area contributed by atoms with Crippen molar-refractivity contribution >= 4 is 12.1 Å². The zero-order valence-electron chi connectivity index (χ0n) is 10.8. The number of hydrogen-bond acceptors (Lipinski definition) is 4. The molecule has 0 saturated carbocycles. The number of nitrogens with one attached hydrogen (secondary N) is 1. The summed E-state index contributed by atoms with van der Waals surface area (Å²) in [5.74, 6) is 0.230. The second-order valence-corrected chi connectivity index (χ2v) is 4.05. The third kappa shape index (κ3) is 4.08. The van der Waals surface area contributed by atoms with E-state index in [0.717, 1.165) is 5.56 Å². The fraction of sp³-hybridized carbons (Fsp3) is 0.385. The van der Waals surface area contributed by atoms with Crippen LogP contribution in [0.3, 0.4) is 0 Å². The number of rotatable bonds is 5. The molecule has 0 spiro atoms. The zero-order chi connectivity index (χ0) is 13.5. The van der Waals surface area contributed by atoms with E-state index in [2.05, 4.69) is 10.5 Å². The molecule has 0 aromatic heterocycles. The van der Waals surface area contributed by atoms with E-state index in [1.54, 1.807) is 26.0 Å². The van der Waals surface area contributed by atoms with Crippen LogP contribution in [0.5, 0.6) is 11.5 Å². The van der Waals surface area contributed by atoms with E-state index in [9.17, 15) is 9.90 Å². The van der Waals surface area contributed by atoms with Crippen LogP contribution in [0, 0.1) is 5.92 Å². The van der Waals surface area contributed by atoms with Gasteiger partial charge in [-0.2, -0.15) is 5.10 Å². The minimum atomic E-state index is -0.143. The van der Waals surface area contributed by atoms with Crippen molar-refractivity contribution in [3.63, 3.8) is 0 Å². The van der Waals surface area contributed by atoms with E-state index in [1.807, 2.05) is 6.92 Å². The summed E-state index contributed by atoms with van der Waals surface area (Å²) in [4.78, 5) is 11.3. The highest BCUT2D eigenvalue weighted by Gasteiger charge is 2.04. The molecule has 0 aliphatic carbocycles. The molecule has 1 rings (SSSR count). The van der Waals surface area contributed by atoms with Crippen molar-refractivity contribution in [2.24, 2.45) is 11.0 Å². The van der Waals surface area contributed by atoms with Crippen LogP contribution < -0.4 is 10.2 Å². The third-order valence-electron chi connectivity index (χ3n) is 2.20. The van der Waals surface area contributed by atoms with Gasteiger partial charge >= 0.3 is 0 Å². The number of phenols is 1. The molecule has 1 aromatic rings. The molecule has 5 heteroatoms. The molecular weight excluding hydrogens is 232 g/mol. The highest BCUT2D eigenvalue weighted by molar-refractivity contribution is 5.83. The van der Waals surface area contributed by atoms with Crippen molar-refractivity contribution in [2.75, 3.05) is 6.61 Å². The molecule has 0 aliphatic rings. The molecule has 0 atom stereocenters. The number of carbonyl (C=O) groups is 1. The Morgan fingerprint density at radius 3 is 2.89 bits per heavy atom. The minimum absolute atomic E-state index is 0.0835. The van der Waals surface area contributed by atoms with Crippen molar-refractivity contribution in [2.45, 2.75) is 20.8 Å². The minimum Gasteiger partial charge on any atom is -0.504 e. The van der Waals surface area contributed by atoms with Gasteiger partial charge in [-0.15, -0.1) is 0 Å². The highest BCUT2D eigenvalue weighted by Crippen LogP contribution is 2.26. The van der Waals surface area contributed by atoms with Crippen molar-refractivity contribution in [3.8, 4) is 11.5 Å². The monoisotopic (exact) mass is 250 g/mol. The Bertz CT molecular complexity index is 442. The average Bonchev–Trinajstić information content (AvgIpc) is 2.33. The molecule has 5 nitrogen and oxygen atoms in total. The van der Waals surface area contributed by atoms with Crippen LogP contribution >= 0.6 is 0 Å². The van der Waals surface area contributed by atoms with Gasteiger partial charge in [0.15, 0.2) is 11.5 Å². The molecule has 98 valence electrons. The van der Waals surface area contributed by atoms with Crippen LogP contribution in [-0.4, -0.2) is 23.8 Å². The number of benzene rings is 1. The number of amides is 1. The average molecular weight is 250 g/mol. The van der Waals surface area contributed by atoms with Gasteiger partial charge in [0.1, 0.15) is 0 Å². The lowest BCUT2D eigenvalue weighted by molar-refractivity contribution is -0.123. The number of carbonyl (C=O) groups excluding carboxylic acids is 1. The molecule has 1 amide bonds. The molecule has 0 radical (unpaired) electrons. The molecule has 18 heavy (non-hydrogen) atoms. The van der Waals surface area contributed by atoms with Crippen molar-refractivity contribution in [1.82, 2.24) is 5.43 Å². The predicted molar refractivity (Wildman–Crippen MR) is 69.9 cm³/mol. The maximum atomic E-state index is 11.3. The summed E-state index contributed by atoms with van der Waals surface area (Å²) in [6.07, 6.45) is 1.50. The Morgan fingerprint density at radius 1 is 1.56 bits per heavy atom. The Balaban J connectivity index is 2.70. The van der Waals surface area contributed by atoms with Crippen molar-refractivity contribution in [1.29, 1.82) is 0 Å².